The van der Waals surface area contributed by atoms with Gasteiger partial charge in [-0.2, -0.15) is 0 Å². The number of hydrogen-bond donors (Lipinski definition) is 2. The summed E-state index contributed by atoms with van der Waals surface area (Å²) in [5, 5.41) is 5.82. The molecule has 1 amide bonds. The molecular formula is C20H21N3O4S2. The van der Waals surface area contributed by atoms with Crippen molar-refractivity contribution in [1.29, 1.82) is 0 Å². The van der Waals surface area contributed by atoms with Crippen LogP contribution >= 0.6 is 11.3 Å². The number of nitrogens with zero attached hydrogens (tertiary/aromatic N) is 1. The average Bonchev–Trinajstić information content (AvgIpc) is 3.18. The lowest BCUT2D eigenvalue weighted by atomic mass is 10.1. The van der Waals surface area contributed by atoms with Gasteiger partial charge in [0.25, 0.3) is 5.91 Å². The Morgan fingerprint density at radius 2 is 1.90 bits per heavy atom. The topological polar surface area (TPSA) is 97.4 Å². The zero-order valence-electron chi connectivity index (χ0n) is 16.2. The third-order valence-electron chi connectivity index (χ3n) is 4.31. The normalized spacial score (nSPS) is 11.3. The van der Waals surface area contributed by atoms with Crippen molar-refractivity contribution in [3.05, 3.63) is 64.0 Å². The molecule has 29 heavy (non-hydrogen) atoms. The average molecular weight is 432 g/mol. The Bertz CT molecular complexity index is 1120. The van der Waals surface area contributed by atoms with Crippen molar-refractivity contribution in [2.45, 2.75) is 18.4 Å². The van der Waals surface area contributed by atoms with Crippen LogP contribution in [0.15, 0.2) is 52.7 Å². The summed E-state index contributed by atoms with van der Waals surface area (Å²) in [7, 11) is -1.07. The number of carbonyl (C=O) groups is 1. The molecule has 2 N–H and O–H groups in total. The van der Waals surface area contributed by atoms with Gasteiger partial charge in [0, 0.05) is 23.1 Å². The second kappa shape index (κ2) is 8.73. The fourth-order valence-electron chi connectivity index (χ4n) is 2.71. The number of rotatable bonds is 7. The van der Waals surface area contributed by atoms with Gasteiger partial charge in [-0.1, -0.05) is 24.3 Å². The smallest absolute Gasteiger partial charge is 0.251 e. The highest BCUT2D eigenvalue weighted by Crippen LogP contribution is 2.25. The Morgan fingerprint density at radius 3 is 2.48 bits per heavy atom. The van der Waals surface area contributed by atoms with Crippen LogP contribution in [0.4, 0.5) is 0 Å². The van der Waals surface area contributed by atoms with Gasteiger partial charge in [-0.25, -0.2) is 18.1 Å². The van der Waals surface area contributed by atoms with Gasteiger partial charge >= 0.3 is 0 Å². The van der Waals surface area contributed by atoms with E-state index in [4.69, 9.17) is 4.74 Å². The molecular weight excluding hydrogens is 410 g/mol. The summed E-state index contributed by atoms with van der Waals surface area (Å²) in [5.41, 5.74) is 3.10. The lowest BCUT2D eigenvalue weighted by Crippen LogP contribution is -2.24. The maximum Gasteiger partial charge on any atom is 0.251 e. The summed E-state index contributed by atoms with van der Waals surface area (Å²) in [5.74, 6) is -0.205. The fraction of sp³-hybridized carbons (Fsp3) is 0.200. The molecule has 0 atom stereocenters. The van der Waals surface area contributed by atoms with E-state index in [2.05, 4.69) is 15.0 Å². The number of nitrogens with one attached hydrogen (secondary N) is 2. The van der Waals surface area contributed by atoms with E-state index in [9.17, 15) is 13.2 Å². The third-order valence-corrected chi connectivity index (χ3v) is 6.51. The van der Waals surface area contributed by atoms with Crippen molar-refractivity contribution in [1.82, 2.24) is 15.0 Å². The van der Waals surface area contributed by atoms with Crippen LogP contribution in [0.25, 0.3) is 11.3 Å². The number of hydrogen-bond acceptors (Lipinski definition) is 6. The number of carbonyl (C=O) groups excluding carboxylic acids is 1. The molecule has 3 aromatic rings. The van der Waals surface area contributed by atoms with Crippen LogP contribution in [0.2, 0.25) is 0 Å². The van der Waals surface area contributed by atoms with Gasteiger partial charge < -0.3 is 10.1 Å². The summed E-state index contributed by atoms with van der Waals surface area (Å²) in [4.78, 5) is 16.9. The molecule has 0 aliphatic heterocycles. The highest BCUT2D eigenvalue weighted by atomic mass is 32.2. The van der Waals surface area contributed by atoms with Gasteiger partial charge in [0.05, 0.1) is 17.8 Å². The Hall–Kier alpha value is -2.75. The van der Waals surface area contributed by atoms with Crippen LogP contribution in [0.3, 0.4) is 0 Å². The fourth-order valence-corrected chi connectivity index (χ4v) is 4.25. The van der Waals surface area contributed by atoms with Gasteiger partial charge in [0.15, 0.2) is 0 Å². The summed E-state index contributed by atoms with van der Waals surface area (Å²) >= 11 is 1.60. The molecule has 0 aliphatic rings. The van der Waals surface area contributed by atoms with E-state index >= 15 is 0 Å². The predicted octanol–water partition coefficient (Wildman–Crippen LogP) is 2.97. The monoisotopic (exact) mass is 431 g/mol. The molecule has 3 rings (SSSR count). The van der Waals surface area contributed by atoms with Crippen molar-refractivity contribution >= 4 is 27.3 Å². The lowest BCUT2D eigenvalue weighted by molar-refractivity contribution is 0.0950. The molecule has 0 spiro atoms. The number of benzene rings is 2. The van der Waals surface area contributed by atoms with Crippen LogP contribution in [0.5, 0.6) is 5.75 Å². The minimum absolute atomic E-state index is 0.0851. The van der Waals surface area contributed by atoms with Crippen LogP contribution in [-0.4, -0.2) is 33.5 Å². The first-order valence-corrected chi connectivity index (χ1v) is 11.1. The van der Waals surface area contributed by atoms with Crippen molar-refractivity contribution in [3.63, 3.8) is 0 Å². The lowest BCUT2D eigenvalue weighted by Gasteiger charge is -2.11. The predicted molar refractivity (Wildman–Crippen MR) is 113 cm³/mol. The first kappa shape index (κ1) is 21.0. The van der Waals surface area contributed by atoms with Crippen molar-refractivity contribution < 1.29 is 17.9 Å². The minimum atomic E-state index is -3.75. The molecule has 0 radical (unpaired) electrons. The molecule has 0 saturated heterocycles. The van der Waals surface area contributed by atoms with Gasteiger partial charge in [0.2, 0.25) is 10.0 Å². The molecule has 2 aromatic carbocycles. The standard InChI is InChI=1S/C20H21N3O4S2/c1-13-23-17(12-28-13)15-6-4-14(5-7-15)11-22-20(24)16-8-9-18(27-3)19(10-16)29(25,26)21-2/h4-10,12,21H,11H2,1-3H3,(H,22,24). The summed E-state index contributed by atoms with van der Waals surface area (Å²) in [6.45, 7) is 2.28. The van der Waals surface area contributed by atoms with E-state index < -0.39 is 10.0 Å². The van der Waals surface area contributed by atoms with Gasteiger partial charge in [-0.05, 0) is 37.7 Å². The summed E-state index contributed by atoms with van der Waals surface area (Å²) in [6, 6.07) is 12.1. The highest BCUT2D eigenvalue weighted by Gasteiger charge is 2.20. The molecule has 0 unspecified atom stereocenters. The number of ether oxygens (including phenoxy) is 1. The zero-order chi connectivity index (χ0) is 21.0. The van der Waals surface area contributed by atoms with Crippen molar-refractivity contribution in [3.8, 4) is 17.0 Å². The van der Waals surface area contributed by atoms with Crippen LogP contribution in [0.1, 0.15) is 20.9 Å². The van der Waals surface area contributed by atoms with Crippen molar-refractivity contribution in [2.24, 2.45) is 0 Å². The highest BCUT2D eigenvalue weighted by molar-refractivity contribution is 7.89. The number of aryl methyl sites for hydroxylation is 1. The van der Waals surface area contributed by atoms with Crippen LogP contribution in [-0.2, 0) is 16.6 Å². The largest absolute Gasteiger partial charge is 0.495 e. The molecule has 0 fully saturated rings. The second-order valence-corrected chi connectivity index (χ2v) is 9.12. The Morgan fingerprint density at radius 1 is 1.17 bits per heavy atom. The molecule has 0 aliphatic carbocycles. The van der Waals surface area contributed by atoms with Crippen molar-refractivity contribution in [2.75, 3.05) is 14.2 Å². The van der Waals surface area contributed by atoms with E-state index in [0.717, 1.165) is 21.8 Å². The first-order chi connectivity index (χ1) is 13.8. The molecule has 0 saturated carbocycles. The SMILES string of the molecule is CNS(=O)(=O)c1cc(C(=O)NCc2ccc(-c3csc(C)n3)cc2)ccc1OC. The third kappa shape index (κ3) is 4.81. The zero-order valence-corrected chi connectivity index (χ0v) is 17.9. The van der Waals surface area contributed by atoms with Gasteiger partial charge in [0.1, 0.15) is 10.6 Å². The van der Waals surface area contributed by atoms with E-state index in [-0.39, 0.29) is 22.1 Å². The number of methoxy groups -OCH3 is 1. The molecule has 9 heteroatoms. The van der Waals surface area contributed by atoms with Gasteiger partial charge in [-0.15, -0.1) is 11.3 Å². The number of amides is 1. The molecule has 7 nitrogen and oxygen atoms in total. The van der Waals surface area contributed by atoms with E-state index in [1.165, 1.54) is 32.4 Å². The number of sulfonamides is 1. The van der Waals surface area contributed by atoms with E-state index in [1.54, 1.807) is 11.3 Å². The molecule has 1 aromatic heterocycles. The summed E-state index contributed by atoms with van der Waals surface area (Å²) < 4.78 is 31.6. The Labute approximate surface area is 173 Å². The van der Waals surface area contributed by atoms with Crippen LogP contribution in [0, 0.1) is 6.92 Å². The second-order valence-electron chi connectivity index (χ2n) is 6.20. The Kier molecular flexibility index (Phi) is 6.31. The number of thiazole rings is 1. The molecule has 1 heterocycles. The van der Waals surface area contributed by atoms with Crippen LogP contribution < -0.4 is 14.8 Å². The maximum atomic E-state index is 12.5. The molecule has 152 valence electrons. The first-order valence-electron chi connectivity index (χ1n) is 8.75. The summed E-state index contributed by atoms with van der Waals surface area (Å²) in [6.07, 6.45) is 0. The molecule has 0 bridgehead atoms. The minimum Gasteiger partial charge on any atom is -0.495 e. The van der Waals surface area contributed by atoms with E-state index in [1.807, 2.05) is 36.6 Å². The van der Waals surface area contributed by atoms with Gasteiger partial charge in [-0.3, -0.25) is 4.79 Å². The van der Waals surface area contributed by atoms with E-state index in [0.29, 0.717) is 6.54 Å². The Balaban J connectivity index is 1.71. The quantitative estimate of drug-likeness (QED) is 0.599. The number of aromatic nitrogens is 1. The maximum absolute atomic E-state index is 12.5.